The summed E-state index contributed by atoms with van der Waals surface area (Å²) in [4.78, 5) is 40.6. The number of carboxylic acids is 1. The lowest BCUT2D eigenvalue weighted by molar-refractivity contribution is 0.0696. The molecule has 1 N–H and O–H groups in total. The number of aromatic nitrogens is 1. The molecule has 21 heavy (non-hydrogen) atoms. The Bertz CT molecular complexity index is 798. The minimum absolute atomic E-state index is 0.0334. The van der Waals surface area contributed by atoms with Crippen LogP contribution < -0.4 is 4.90 Å². The van der Waals surface area contributed by atoms with Crippen molar-refractivity contribution in [2.75, 3.05) is 4.90 Å². The zero-order valence-corrected chi connectivity index (χ0v) is 11.0. The largest absolute Gasteiger partial charge is 0.478 e. The zero-order valence-electron chi connectivity index (χ0n) is 11.0. The molecule has 0 saturated carbocycles. The molecular formula is C15H10N2O4. The Kier molecular flexibility index (Phi) is 2.79. The lowest BCUT2D eigenvalue weighted by Gasteiger charge is -2.12. The summed E-state index contributed by atoms with van der Waals surface area (Å²) >= 11 is 0. The van der Waals surface area contributed by atoms with Gasteiger partial charge in [-0.2, -0.15) is 0 Å². The average molecular weight is 282 g/mol. The van der Waals surface area contributed by atoms with E-state index in [-0.39, 0.29) is 22.5 Å². The number of carboxylic acid groups (broad SMARTS) is 1. The van der Waals surface area contributed by atoms with Gasteiger partial charge < -0.3 is 5.11 Å². The van der Waals surface area contributed by atoms with Crippen molar-refractivity contribution in [1.29, 1.82) is 0 Å². The van der Waals surface area contributed by atoms with Crippen LogP contribution in [-0.4, -0.2) is 27.9 Å². The van der Waals surface area contributed by atoms with Gasteiger partial charge >= 0.3 is 5.97 Å². The van der Waals surface area contributed by atoms with Crippen LogP contribution in [0.15, 0.2) is 36.5 Å². The predicted octanol–water partition coefficient (Wildman–Crippen LogP) is 1.89. The van der Waals surface area contributed by atoms with E-state index in [1.165, 1.54) is 24.4 Å². The lowest BCUT2D eigenvalue weighted by Crippen LogP contribution is -2.30. The first kappa shape index (κ1) is 13.0. The molecule has 0 radical (unpaired) electrons. The zero-order chi connectivity index (χ0) is 15.1. The smallest absolute Gasteiger partial charge is 0.335 e. The van der Waals surface area contributed by atoms with E-state index in [0.717, 1.165) is 10.5 Å². The maximum absolute atomic E-state index is 12.4. The van der Waals surface area contributed by atoms with Crippen molar-refractivity contribution in [2.45, 2.75) is 6.92 Å². The van der Waals surface area contributed by atoms with Crippen molar-refractivity contribution >= 4 is 23.6 Å². The quantitative estimate of drug-likeness (QED) is 0.850. The molecule has 1 aromatic heterocycles. The summed E-state index contributed by atoms with van der Waals surface area (Å²) < 4.78 is 0. The van der Waals surface area contributed by atoms with Gasteiger partial charge in [0.05, 0.1) is 16.7 Å². The second-order valence-corrected chi connectivity index (χ2v) is 4.70. The van der Waals surface area contributed by atoms with Gasteiger partial charge in [-0.1, -0.05) is 0 Å². The third-order valence-corrected chi connectivity index (χ3v) is 3.26. The van der Waals surface area contributed by atoms with E-state index < -0.39 is 17.8 Å². The molecule has 2 amide bonds. The van der Waals surface area contributed by atoms with Gasteiger partial charge in [-0.05, 0) is 42.8 Å². The van der Waals surface area contributed by atoms with Crippen molar-refractivity contribution in [3.63, 3.8) is 0 Å². The number of carbonyl (C=O) groups excluding carboxylic acids is 2. The first-order valence-electron chi connectivity index (χ1n) is 6.18. The fourth-order valence-corrected chi connectivity index (χ4v) is 2.22. The third kappa shape index (κ3) is 1.97. The topological polar surface area (TPSA) is 87.6 Å². The molecular weight excluding hydrogens is 272 g/mol. The average Bonchev–Trinajstić information content (AvgIpc) is 2.70. The van der Waals surface area contributed by atoms with Gasteiger partial charge in [0.25, 0.3) is 11.8 Å². The van der Waals surface area contributed by atoms with Crippen LogP contribution in [0.25, 0.3) is 0 Å². The Balaban J connectivity index is 2.10. The monoisotopic (exact) mass is 282 g/mol. The molecule has 1 aliphatic rings. The Labute approximate surface area is 119 Å². The second kappa shape index (κ2) is 4.52. The highest BCUT2D eigenvalue weighted by atomic mass is 16.4. The number of nitrogens with zero attached hydrogens (tertiary/aromatic N) is 2. The molecule has 0 fully saturated rings. The summed E-state index contributed by atoms with van der Waals surface area (Å²) in [6.07, 6.45) is 1.51. The minimum atomic E-state index is -1.15. The van der Waals surface area contributed by atoms with Gasteiger partial charge in [0.15, 0.2) is 0 Å². The Morgan fingerprint density at radius 3 is 2.48 bits per heavy atom. The van der Waals surface area contributed by atoms with Crippen molar-refractivity contribution in [2.24, 2.45) is 0 Å². The summed E-state index contributed by atoms with van der Waals surface area (Å²) in [5, 5.41) is 8.97. The van der Waals surface area contributed by atoms with Gasteiger partial charge in [0.1, 0.15) is 5.82 Å². The molecule has 0 aliphatic carbocycles. The molecule has 0 unspecified atom stereocenters. The maximum Gasteiger partial charge on any atom is 0.335 e. The fraction of sp³-hybridized carbons (Fsp3) is 0.0667. The van der Waals surface area contributed by atoms with E-state index in [4.69, 9.17) is 5.11 Å². The summed E-state index contributed by atoms with van der Waals surface area (Å²) in [5.41, 5.74) is 1.10. The number of benzene rings is 1. The lowest BCUT2D eigenvalue weighted by atomic mass is 10.1. The van der Waals surface area contributed by atoms with Crippen LogP contribution >= 0.6 is 0 Å². The van der Waals surface area contributed by atoms with Crippen molar-refractivity contribution in [1.82, 2.24) is 4.98 Å². The first-order valence-corrected chi connectivity index (χ1v) is 6.18. The van der Waals surface area contributed by atoms with Crippen molar-refractivity contribution in [3.8, 4) is 0 Å². The molecule has 2 aromatic rings. The molecule has 3 rings (SSSR count). The Morgan fingerprint density at radius 2 is 1.81 bits per heavy atom. The van der Waals surface area contributed by atoms with Crippen molar-refractivity contribution in [3.05, 3.63) is 58.8 Å². The van der Waals surface area contributed by atoms with Crippen LogP contribution in [0.5, 0.6) is 0 Å². The summed E-state index contributed by atoms with van der Waals surface area (Å²) in [7, 11) is 0. The molecule has 1 aliphatic heterocycles. The van der Waals surface area contributed by atoms with E-state index in [1.807, 2.05) is 6.92 Å². The highest BCUT2D eigenvalue weighted by Gasteiger charge is 2.37. The number of imide groups is 1. The van der Waals surface area contributed by atoms with Crippen LogP contribution in [0.3, 0.4) is 0 Å². The molecule has 1 aromatic carbocycles. The first-order chi connectivity index (χ1) is 9.99. The highest BCUT2D eigenvalue weighted by Crippen LogP contribution is 2.28. The van der Waals surface area contributed by atoms with Crippen LogP contribution in [0.2, 0.25) is 0 Å². The molecule has 104 valence electrons. The van der Waals surface area contributed by atoms with Gasteiger partial charge in [-0.25, -0.2) is 14.7 Å². The van der Waals surface area contributed by atoms with E-state index in [1.54, 1.807) is 12.1 Å². The number of aryl methyl sites for hydroxylation is 1. The van der Waals surface area contributed by atoms with Crippen LogP contribution in [0.4, 0.5) is 5.82 Å². The molecule has 0 bridgehead atoms. The molecule has 2 heterocycles. The number of fused-ring (bicyclic) bond motifs is 1. The SMILES string of the molecule is Cc1ccnc(N2C(=O)c3ccc(C(=O)O)cc3C2=O)c1. The number of hydrogen-bond donors (Lipinski definition) is 1. The Morgan fingerprint density at radius 1 is 1.10 bits per heavy atom. The number of aromatic carboxylic acids is 1. The van der Waals surface area contributed by atoms with E-state index in [9.17, 15) is 14.4 Å². The number of rotatable bonds is 2. The number of amides is 2. The summed E-state index contributed by atoms with van der Waals surface area (Å²) in [6, 6.07) is 7.26. The number of pyridine rings is 1. The van der Waals surface area contributed by atoms with E-state index >= 15 is 0 Å². The number of anilines is 1. The molecule has 6 nitrogen and oxygen atoms in total. The molecule has 0 atom stereocenters. The van der Waals surface area contributed by atoms with Crippen LogP contribution in [-0.2, 0) is 0 Å². The van der Waals surface area contributed by atoms with Gasteiger partial charge in [0, 0.05) is 6.20 Å². The standard InChI is InChI=1S/C15H10N2O4/c1-8-4-5-16-12(6-8)17-13(18)10-3-2-9(15(20)21)7-11(10)14(17)19/h2-7H,1H3,(H,20,21). The Hall–Kier alpha value is -3.02. The maximum atomic E-state index is 12.4. The van der Waals surface area contributed by atoms with Crippen LogP contribution in [0, 0.1) is 6.92 Å². The molecule has 0 spiro atoms. The number of carbonyl (C=O) groups is 3. The summed E-state index contributed by atoms with van der Waals surface area (Å²) in [6.45, 7) is 1.83. The van der Waals surface area contributed by atoms with Crippen molar-refractivity contribution < 1.29 is 19.5 Å². The van der Waals surface area contributed by atoms with Crippen LogP contribution in [0.1, 0.15) is 36.6 Å². The van der Waals surface area contributed by atoms with E-state index in [2.05, 4.69) is 4.98 Å². The van der Waals surface area contributed by atoms with Gasteiger partial charge in [0.2, 0.25) is 0 Å². The third-order valence-electron chi connectivity index (χ3n) is 3.26. The molecule has 0 saturated heterocycles. The minimum Gasteiger partial charge on any atom is -0.478 e. The van der Waals surface area contributed by atoms with Gasteiger partial charge in [-0.3, -0.25) is 9.59 Å². The normalized spacial score (nSPS) is 13.5. The second-order valence-electron chi connectivity index (χ2n) is 4.70. The van der Waals surface area contributed by atoms with E-state index in [0.29, 0.717) is 0 Å². The number of hydrogen-bond acceptors (Lipinski definition) is 4. The molecule has 6 heteroatoms. The van der Waals surface area contributed by atoms with Gasteiger partial charge in [-0.15, -0.1) is 0 Å². The highest BCUT2D eigenvalue weighted by molar-refractivity contribution is 6.34. The fourth-order valence-electron chi connectivity index (χ4n) is 2.22. The predicted molar refractivity (Wildman–Crippen MR) is 73.5 cm³/mol. The summed E-state index contributed by atoms with van der Waals surface area (Å²) in [5.74, 6) is -1.97.